The number of thiazole rings is 1. The van der Waals surface area contributed by atoms with E-state index in [-0.39, 0.29) is 11.4 Å². The second-order valence-corrected chi connectivity index (χ2v) is 8.46. The summed E-state index contributed by atoms with van der Waals surface area (Å²) < 4.78 is 22.6. The zero-order chi connectivity index (χ0) is 22.2. The van der Waals surface area contributed by atoms with Gasteiger partial charge in [-0.05, 0) is 60.5 Å². The number of hydrogen-bond acceptors (Lipinski definition) is 4. The monoisotopic (exact) mass is 445 g/mol. The molecule has 5 aromatic rings. The van der Waals surface area contributed by atoms with E-state index >= 15 is 0 Å². The molecule has 3 aromatic heterocycles. The summed E-state index contributed by atoms with van der Waals surface area (Å²) in [5, 5.41) is 1.93. The molecular formula is C25H20FN3O2S. The molecule has 5 rings (SSSR count). The van der Waals surface area contributed by atoms with Gasteiger partial charge in [-0.3, -0.25) is 9.20 Å². The van der Waals surface area contributed by atoms with Gasteiger partial charge < -0.3 is 9.30 Å². The van der Waals surface area contributed by atoms with Crippen molar-refractivity contribution >= 4 is 16.2 Å². The Kier molecular flexibility index (Phi) is 5.11. The molecule has 0 saturated carbocycles. The molecule has 5 nitrogen and oxygen atoms in total. The van der Waals surface area contributed by atoms with Crippen LogP contribution in [-0.2, 0) is 6.42 Å². The predicted molar refractivity (Wildman–Crippen MR) is 125 cm³/mol. The van der Waals surface area contributed by atoms with Crippen molar-refractivity contribution in [2.45, 2.75) is 13.3 Å². The van der Waals surface area contributed by atoms with Gasteiger partial charge in [0.1, 0.15) is 16.4 Å². The highest BCUT2D eigenvalue weighted by atomic mass is 32.1. The SMILES string of the molecule is COc1cc(Cc2ccc3scc(-c4ccc(F)cc4)n3c2=O)ccc1-n1cnc(C)c1. The molecule has 0 amide bonds. The average molecular weight is 446 g/mol. The lowest BCUT2D eigenvalue weighted by molar-refractivity contribution is 0.412. The van der Waals surface area contributed by atoms with Gasteiger partial charge in [-0.2, -0.15) is 0 Å². The molecule has 3 heterocycles. The summed E-state index contributed by atoms with van der Waals surface area (Å²) in [5.74, 6) is 0.410. The number of imidazole rings is 1. The number of fused-ring (bicyclic) bond motifs is 1. The normalized spacial score (nSPS) is 11.2. The highest BCUT2D eigenvalue weighted by molar-refractivity contribution is 7.15. The van der Waals surface area contributed by atoms with E-state index in [1.807, 2.05) is 53.4 Å². The van der Waals surface area contributed by atoms with Crippen LogP contribution in [0.3, 0.4) is 0 Å². The van der Waals surface area contributed by atoms with Crippen LogP contribution in [0.2, 0.25) is 0 Å². The minimum absolute atomic E-state index is 0.0728. The van der Waals surface area contributed by atoms with Crippen molar-refractivity contribution < 1.29 is 9.13 Å². The molecule has 0 unspecified atom stereocenters. The summed E-state index contributed by atoms with van der Waals surface area (Å²) in [6.45, 7) is 1.94. The van der Waals surface area contributed by atoms with E-state index in [9.17, 15) is 9.18 Å². The van der Waals surface area contributed by atoms with Crippen LogP contribution in [0, 0.1) is 12.7 Å². The van der Waals surface area contributed by atoms with E-state index in [0.29, 0.717) is 17.7 Å². The lowest BCUT2D eigenvalue weighted by Gasteiger charge is -2.11. The van der Waals surface area contributed by atoms with Crippen molar-refractivity contribution in [3.8, 4) is 22.7 Å². The number of benzene rings is 2. The Morgan fingerprint density at radius 2 is 1.91 bits per heavy atom. The highest BCUT2D eigenvalue weighted by Gasteiger charge is 2.13. The van der Waals surface area contributed by atoms with Crippen molar-refractivity contribution in [1.82, 2.24) is 14.0 Å². The van der Waals surface area contributed by atoms with Crippen molar-refractivity contribution in [2.24, 2.45) is 0 Å². The number of rotatable bonds is 5. The van der Waals surface area contributed by atoms with Crippen LogP contribution in [-0.4, -0.2) is 21.1 Å². The number of nitrogens with zero attached hydrogens (tertiary/aromatic N) is 3. The van der Waals surface area contributed by atoms with E-state index in [1.165, 1.54) is 23.5 Å². The second kappa shape index (κ2) is 8.09. The van der Waals surface area contributed by atoms with Gasteiger partial charge in [-0.15, -0.1) is 11.3 Å². The number of hydrogen-bond donors (Lipinski definition) is 0. The third-order valence-electron chi connectivity index (χ3n) is 5.43. The smallest absolute Gasteiger partial charge is 0.259 e. The van der Waals surface area contributed by atoms with Crippen molar-refractivity contribution in [3.05, 3.63) is 105 Å². The van der Waals surface area contributed by atoms with E-state index in [0.717, 1.165) is 33.0 Å². The first-order valence-electron chi connectivity index (χ1n) is 10.1. The van der Waals surface area contributed by atoms with Crippen LogP contribution in [0.4, 0.5) is 4.39 Å². The molecule has 2 aromatic carbocycles. The van der Waals surface area contributed by atoms with Crippen LogP contribution < -0.4 is 10.3 Å². The van der Waals surface area contributed by atoms with Crippen LogP contribution in [0.5, 0.6) is 5.75 Å². The minimum atomic E-state index is -0.301. The quantitative estimate of drug-likeness (QED) is 0.371. The van der Waals surface area contributed by atoms with E-state index < -0.39 is 0 Å². The maximum Gasteiger partial charge on any atom is 0.259 e. The third kappa shape index (κ3) is 3.61. The molecule has 0 fully saturated rings. The zero-order valence-corrected chi connectivity index (χ0v) is 18.4. The fourth-order valence-corrected chi connectivity index (χ4v) is 4.73. The van der Waals surface area contributed by atoms with E-state index in [1.54, 1.807) is 30.0 Å². The standard InChI is InChI=1S/C25H20FN3O2S/c1-16-13-28(15-27-16)21-9-3-17(12-23(21)31-2)11-19-6-10-24-29(25(19)30)22(14-32-24)18-4-7-20(26)8-5-18/h3-10,12-15H,11H2,1-2H3. The van der Waals surface area contributed by atoms with Crippen LogP contribution in [0.15, 0.2) is 77.3 Å². The summed E-state index contributed by atoms with van der Waals surface area (Å²) in [6, 6.07) is 15.9. The lowest BCUT2D eigenvalue weighted by atomic mass is 10.0. The zero-order valence-electron chi connectivity index (χ0n) is 17.6. The van der Waals surface area contributed by atoms with Gasteiger partial charge in [0.25, 0.3) is 5.56 Å². The number of ether oxygens (including phenoxy) is 1. The number of aromatic nitrogens is 3. The molecule has 0 aliphatic carbocycles. The molecular weight excluding hydrogens is 425 g/mol. The molecule has 32 heavy (non-hydrogen) atoms. The molecule has 0 aliphatic heterocycles. The van der Waals surface area contributed by atoms with Crippen molar-refractivity contribution in [1.29, 1.82) is 0 Å². The molecule has 0 bridgehead atoms. The molecule has 0 aliphatic rings. The Bertz CT molecular complexity index is 1480. The Hall–Kier alpha value is -3.71. The lowest BCUT2D eigenvalue weighted by Crippen LogP contribution is -2.18. The van der Waals surface area contributed by atoms with Crippen LogP contribution >= 0.6 is 11.3 Å². The van der Waals surface area contributed by atoms with Gasteiger partial charge in [0.05, 0.1) is 30.5 Å². The fourth-order valence-electron chi connectivity index (χ4n) is 3.82. The third-order valence-corrected chi connectivity index (χ3v) is 6.33. The van der Waals surface area contributed by atoms with Crippen LogP contribution in [0.1, 0.15) is 16.8 Å². The first kappa shape index (κ1) is 20.2. The van der Waals surface area contributed by atoms with Gasteiger partial charge in [0, 0.05) is 23.6 Å². The summed E-state index contributed by atoms with van der Waals surface area (Å²) >= 11 is 1.49. The Labute approximate surface area is 188 Å². The van der Waals surface area contributed by atoms with Gasteiger partial charge in [0.2, 0.25) is 0 Å². The molecule has 0 saturated heterocycles. The number of pyridine rings is 1. The first-order valence-corrected chi connectivity index (χ1v) is 11.0. The van der Waals surface area contributed by atoms with Crippen molar-refractivity contribution in [3.63, 3.8) is 0 Å². The molecule has 160 valence electrons. The second-order valence-electron chi connectivity index (χ2n) is 7.57. The number of halogens is 1. The maximum absolute atomic E-state index is 13.4. The topological polar surface area (TPSA) is 48.5 Å². The van der Waals surface area contributed by atoms with Gasteiger partial charge >= 0.3 is 0 Å². The fraction of sp³-hybridized carbons (Fsp3) is 0.120. The summed E-state index contributed by atoms with van der Waals surface area (Å²) in [5.41, 5.74) is 4.95. The summed E-state index contributed by atoms with van der Waals surface area (Å²) in [6.07, 6.45) is 4.16. The van der Waals surface area contributed by atoms with Gasteiger partial charge in [0.15, 0.2) is 0 Å². The van der Waals surface area contributed by atoms with Crippen LogP contribution in [0.25, 0.3) is 21.8 Å². The van der Waals surface area contributed by atoms with Crippen molar-refractivity contribution in [2.75, 3.05) is 7.11 Å². The maximum atomic E-state index is 13.4. The average Bonchev–Trinajstić information content (AvgIpc) is 3.43. The largest absolute Gasteiger partial charge is 0.495 e. The molecule has 0 spiro atoms. The van der Waals surface area contributed by atoms with Gasteiger partial charge in [-0.25, -0.2) is 9.37 Å². The number of methoxy groups -OCH3 is 1. The minimum Gasteiger partial charge on any atom is -0.495 e. The molecule has 0 atom stereocenters. The first-order chi connectivity index (χ1) is 15.5. The van der Waals surface area contributed by atoms with E-state index in [2.05, 4.69) is 4.98 Å². The van der Waals surface area contributed by atoms with E-state index in [4.69, 9.17) is 4.74 Å². The molecule has 0 N–H and O–H groups in total. The Morgan fingerprint density at radius 1 is 1.09 bits per heavy atom. The molecule has 0 radical (unpaired) electrons. The summed E-state index contributed by atoms with van der Waals surface area (Å²) in [7, 11) is 1.63. The highest BCUT2D eigenvalue weighted by Crippen LogP contribution is 2.27. The molecule has 7 heteroatoms. The Balaban J connectivity index is 1.53. The number of aryl methyl sites for hydroxylation is 1. The summed E-state index contributed by atoms with van der Waals surface area (Å²) in [4.78, 5) is 18.5. The predicted octanol–water partition coefficient (Wildman–Crippen LogP) is 5.26. The van der Waals surface area contributed by atoms with Gasteiger partial charge in [-0.1, -0.05) is 12.1 Å². The Morgan fingerprint density at radius 3 is 2.62 bits per heavy atom.